The third-order valence-electron chi connectivity index (χ3n) is 4.22. The van der Waals surface area contributed by atoms with Gasteiger partial charge >= 0.3 is 0 Å². The molecule has 0 bridgehead atoms. The first-order chi connectivity index (χ1) is 12.7. The number of thiophene rings is 1. The molecule has 1 aliphatic carbocycles. The van der Waals surface area contributed by atoms with Gasteiger partial charge in [0.1, 0.15) is 11.5 Å². The molecule has 0 fully saturated rings. The van der Waals surface area contributed by atoms with Crippen molar-refractivity contribution >= 4 is 23.2 Å². The number of hydrogen-bond acceptors (Lipinski definition) is 5. The summed E-state index contributed by atoms with van der Waals surface area (Å²) in [5.74, 6) is 0.547. The average Bonchev–Trinajstić information content (AvgIpc) is 2.95. The summed E-state index contributed by atoms with van der Waals surface area (Å²) in [6.45, 7) is -0.187. The number of aryl methyl sites for hydroxylation is 2. The number of carbonyl (C=O) groups is 2. The highest BCUT2D eigenvalue weighted by Gasteiger charge is 2.16. The molecule has 2 N–H and O–H groups in total. The number of carbonyl (C=O) groups excluding carboxylic acids is 2. The minimum absolute atomic E-state index is 0.187. The standard InChI is InChI=1S/C19H22N2O4S/c1-24-14-7-9-15(10-8-14)25-12-18(22)20-21-19(23)17-11-13-5-3-2-4-6-16(13)26-17/h7-11H,2-6,12H2,1H3,(H,20,22)(H,21,23). The Morgan fingerprint density at radius 2 is 1.77 bits per heavy atom. The van der Waals surface area contributed by atoms with E-state index in [0.29, 0.717) is 16.4 Å². The van der Waals surface area contributed by atoms with Gasteiger partial charge in [-0.1, -0.05) is 6.42 Å². The molecular weight excluding hydrogens is 352 g/mol. The minimum Gasteiger partial charge on any atom is -0.497 e. The third-order valence-corrected chi connectivity index (χ3v) is 5.45. The molecule has 1 aromatic heterocycles. The van der Waals surface area contributed by atoms with Crippen LogP contribution in [0.15, 0.2) is 30.3 Å². The molecule has 26 heavy (non-hydrogen) atoms. The Morgan fingerprint density at radius 3 is 2.54 bits per heavy atom. The van der Waals surface area contributed by atoms with E-state index in [1.54, 1.807) is 31.4 Å². The van der Waals surface area contributed by atoms with Gasteiger partial charge < -0.3 is 9.47 Å². The summed E-state index contributed by atoms with van der Waals surface area (Å²) in [6.07, 6.45) is 5.65. The summed E-state index contributed by atoms with van der Waals surface area (Å²) < 4.78 is 10.4. The number of rotatable bonds is 5. The van der Waals surface area contributed by atoms with Crippen LogP contribution in [0.25, 0.3) is 0 Å². The number of fused-ring (bicyclic) bond motifs is 1. The lowest BCUT2D eigenvalue weighted by molar-refractivity contribution is -0.123. The van der Waals surface area contributed by atoms with E-state index in [1.807, 2.05) is 6.07 Å². The fourth-order valence-electron chi connectivity index (χ4n) is 2.82. The number of amides is 2. The van der Waals surface area contributed by atoms with E-state index in [2.05, 4.69) is 10.9 Å². The smallest absolute Gasteiger partial charge is 0.279 e. The largest absolute Gasteiger partial charge is 0.497 e. The first-order valence-electron chi connectivity index (χ1n) is 8.63. The van der Waals surface area contributed by atoms with Crippen LogP contribution < -0.4 is 20.3 Å². The third kappa shape index (κ3) is 4.76. The van der Waals surface area contributed by atoms with Gasteiger partial charge in [-0.25, -0.2) is 0 Å². The summed E-state index contributed by atoms with van der Waals surface area (Å²) in [5.41, 5.74) is 6.11. The fraction of sp³-hybridized carbons (Fsp3) is 0.368. The summed E-state index contributed by atoms with van der Waals surface area (Å²) >= 11 is 1.52. The zero-order valence-corrected chi connectivity index (χ0v) is 15.5. The second-order valence-electron chi connectivity index (χ2n) is 6.09. The number of hydrogen-bond donors (Lipinski definition) is 2. The van der Waals surface area contributed by atoms with Gasteiger partial charge in [0.25, 0.3) is 11.8 Å². The van der Waals surface area contributed by atoms with Gasteiger partial charge in [-0.15, -0.1) is 11.3 Å². The van der Waals surface area contributed by atoms with E-state index in [-0.39, 0.29) is 12.5 Å². The summed E-state index contributed by atoms with van der Waals surface area (Å²) in [7, 11) is 1.58. The zero-order chi connectivity index (χ0) is 18.4. The zero-order valence-electron chi connectivity index (χ0n) is 14.7. The van der Waals surface area contributed by atoms with Gasteiger partial charge in [0.15, 0.2) is 6.61 Å². The molecule has 0 unspecified atom stereocenters. The highest BCUT2D eigenvalue weighted by molar-refractivity contribution is 7.14. The van der Waals surface area contributed by atoms with E-state index >= 15 is 0 Å². The fourth-order valence-corrected chi connectivity index (χ4v) is 3.97. The molecule has 0 aliphatic heterocycles. The highest BCUT2D eigenvalue weighted by atomic mass is 32.1. The lowest BCUT2D eigenvalue weighted by Gasteiger charge is -2.08. The van der Waals surface area contributed by atoms with Crippen molar-refractivity contribution in [1.29, 1.82) is 0 Å². The molecule has 0 atom stereocenters. The number of nitrogens with one attached hydrogen (secondary N) is 2. The monoisotopic (exact) mass is 374 g/mol. The maximum absolute atomic E-state index is 12.2. The Hall–Kier alpha value is -2.54. The molecule has 0 saturated carbocycles. The quantitative estimate of drug-likeness (QED) is 0.623. The van der Waals surface area contributed by atoms with Crippen LogP contribution in [0.3, 0.4) is 0 Å². The van der Waals surface area contributed by atoms with Crippen molar-refractivity contribution in [3.8, 4) is 11.5 Å². The Morgan fingerprint density at radius 1 is 1.04 bits per heavy atom. The molecule has 2 aromatic rings. The molecule has 7 heteroatoms. The van der Waals surface area contributed by atoms with Gasteiger partial charge in [0, 0.05) is 4.88 Å². The number of hydrazine groups is 1. The molecule has 6 nitrogen and oxygen atoms in total. The van der Waals surface area contributed by atoms with Crippen molar-refractivity contribution in [3.05, 3.63) is 45.6 Å². The van der Waals surface area contributed by atoms with Gasteiger partial charge in [-0.2, -0.15) is 0 Å². The van der Waals surface area contributed by atoms with E-state index in [0.717, 1.165) is 12.8 Å². The molecule has 3 rings (SSSR count). The number of methoxy groups -OCH3 is 1. The van der Waals surface area contributed by atoms with Crippen LogP contribution in [0.4, 0.5) is 0 Å². The molecule has 0 saturated heterocycles. The van der Waals surface area contributed by atoms with Crippen LogP contribution in [0.5, 0.6) is 11.5 Å². The normalized spacial score (nSPS) is 13.3. The molecule has 1 aliphatic rings. The molecule has 0 radical (unpaired) electrons. The first-order valence-corrected chi connectivity index (χ1v) is 9.45. The van der Waals surface area contributed by atoms with Crippen molar-refractivity contribution in [1.82, 2.24) is 10.9 Å². The minimum atomic E-state index is -0.424. The predicted molar refractivity (Wildman–Crippen MR) is 99.7 cm³/mol. The SMILES string of the molecule is COc1ccc(OCC(=O)NNC(=O)c2cc3c(s2)CCCCC3)cc1. The van der Waals surface area contributed by atoms with Gasteiger partial charge in [0.2, 0.25) is 0 Å². The van der Waals surface area contributed by atoms with E-state index in [9.17, 15) is 9.59 Å². The van der Waals surface area contributed by atoms with Crippen LogP contribution >= 0.6 is 11.3 Å². The summed E-state index contributed by atoms with van der Waals surface area (Å²) in [4.78, 5) is 26.0. The van der Waals surface area contributed by atoms with Crippen molar-refractivity contribution in [2.24, 2.45) is 0 Å². The highest BCUT2D eigenvalue weighted by Crippen LogP contribution is 2.28. The van der Waals surface area contributed by atoms with Crippen molar-refractivity contribution in [3.63, 3.8) is 0 Å². The first kappa shape index (κ1) is 18.3. The van der Waals surface area contributed by atoms with Crippen LogP contribution in [0.2, 0.25) is 0 Å². The van der Waals surface area contributed by atoms with Crippen LogP contribution in [0.1, 0.15) is 39.4 Å². The Balaban J connectivity index is 1.45. The molecule has 1 heterocycles. The van der Waals surface area contributed by atoms with Crippen LogP contribution in [0, 0.1) is 0 Å². The second-order valence-corrected chi connectivity index (χ2v) is 7.22. The van der Waals surface area contributed by atoms with Crippen LogP contribution in [-0.2, 0) is 17.6 Å². The Kier molecular flexibility index (Phi) is 6.12. The van der Waals surface area contributed by atoms with E-state index in [1.165, 1.54) is 41.0 Å². The Labute approximate surface area is 156 Å². The van der Waals surface area contributed by atoms with E-state index in [4.69, 9.17) is 9.47 Å². The predicted octanol–water partition coefficient (Wildman–Crippen LogP) is 2.87. The van der Waals surface area contributed by atoms with Crippen LogP contribution in [-0.4, -0.2) is 25.5 Å². The van der Waals surface area contributed by atoms with E-state index < -0.39 is 5.91 Å². The number of ether oxygens (including phenoxy) is 2. The summed E-state index contributed by atoms with van der Waals surface area (Å²) in [5, 5.41) is 0. The lowest BCUT2D eigenvalue weighted by Crippen LogP contribution is -2.43. The van der Waals surface area contributed by atoms with Gasteiger partial charge in [-0.05, 0) is 61.6 Å². The van der Waals surface area contributed by atoms with Gasteiger partial charge in [-0.3, -0.25) is 20.4 Å². The molecule has 2 amide bonds. The lowest BCUT2D eigenvalue weighted by atomic mass is 10.1. The molecule has 0 spiro atoms. The maximum atomic E-state index is 12.2. The van der Waals surface area contributed by atoms with Crippen molar-refractivity contribution in [2.45, 2.75) is 32.1 Å². The summed E-state index contributed by atoms with van der Waals surface area (Å²) in [6, 6.07) is 8.86. The molecule has 1 aromatic carbocycles. The molecule has 138 valence electrons. The molecular formula is C19H22N2O4S. The average molecular weight is 374 g/mol. The topological polar surface area (TPSA) is 76.7 Å². The second kappa shape index (κ2) is 8.71. The van der Waals surface area contributed by atoms with Gasteiger partial charge in [0.05, 0.1) is 12.0 Å². The maximum Gasteiger partial charge on any atom is 0.279 e. The van der Waals surface area contributed by atoms with Crippen molar-refractivity contribution in [2.75, 3.05) is 13.7 Å². The van der Waals surface area contributed by atoms with Crippen molar-refractivity contribution < 1.29 is 19.1 Å². The number of benzene rings is 1. The Bertz CT molecular complexity index is 747.